The van der Waals surface area contributed by atoms with Crippen LogP contribution in [0.5, 0.6) is 5.75 Å². The summed E-state index contributed by atoms with van der Waals surface area (Å²) in [6.45, 7) is 0. The molecule has 2 rings (SSSR count). The smallest absolute Gasteiger partial charge is 0.406 e. The molecule has 0 aliphatic carbocycles. The van der Waals surface area contributed by atoms with Crippen LogP contribution in [-0.4, -0.2) is 41.3 Å². The number of ether oxygens (including phenoxy) is 1. The van der Waals surface area contributed by atoms with E-state index in [1.165, 1.54) is 19.2 Å². The highest BCUT2D eigenvalue weighted by Gasteiger charge is 2.30. The van der Waals surface area contributed by atoms with Crippen molar-refractivity contribution in [1.82, 2.24) is 20.8 Å². The maximum Gasteiger partial charge on any atom is 0.573 e. The average Bonchev–Trinajstić information content (AvgIpc) is 3.01. The fourth-order valence-electron chi connectivity index (χ4n) is 1.53. The Morgan fingerprint density at radius 2 is 1.92 bits per heavy atom. The van der Waals surface area contributed by atoms with Crippen molar-refractivity contribution in [2.75, 3.05) is 18.1 Å². The van der Waals surface area contributed by atoms with E-state index in [9.17, 15) is 22.8 Å². The predicted octanol–water partition coefficient (Wildman–Crippen LogP) is 2.73. The van der Waals surface area contributed by atoms with Gasteiger partial charge < -0.3 is 15.4 Å². The van der Waals surface area contributed by atoms with Gasteiger partial charge in [-0.05, 0) is 24.3 Å². The number of rotatable bonds is 6. The number of benzene rings is 1. The van der Waals surface area contributed by atoms with Crippen LogP contribution in [0.1, 0.15) is 0 Å². The molecule has 26 heavy (non-hydrogen) atoms. The third-order valence-electron chi connectivity index (χ3n) is 2.55. The van der Waals surface area contributed by atoms with Crippen LogP contribution in [0.2, 0.25) is 0 Å². The lowest BCUT2D eigenvalue weighted by molar-refractivity contribution is -0.274. The van der Waals surface area contributed by atoms with Gasteiger partial charge in [0.05, 0.1) is 5.75 Å². The number of imide groups is 1. The SMILES string of the molecule is CNC(=O)NC(=O)CSc1nnc(Nc2ccc(OC(F)(F)F)cc2)s1. The van der Waals surface area contributed by atoms with Gasteiger partial charge in [0.15, 0.2) is 4.34 Å². The van der Waals surface area contributed by atoms with Crippen LogP contribution < -0.4 is 20.7 Å². The number of urea groups is 1. The Kier molecular flexibility index (Phi) is 6.63. The van der Waals surface area contributed by atoms with Gasteiger partial charge >= 0.3 is 12.4 Å². The number of aromatic nitrogens is 2. The van der Waals surface area contributed by atoms with E-state index in [2.05, 4.69) is 30.9 Å². The number of halogens is 3. The van der Waals surface area contributed by atoms with Crippen LogP contribution in [0.15, 0.2) is 28.6 Å². The fraction of sp³-hybridized carbons (Fsp3) is 0.231. The predicted molar refractivity (Wildman–Crippen MR) is 89.6 cm³/mol. The van der Waals surface area contributed by atoms with E-state index in [0.717, 1.165) is 35.2 Å². The number of hydrogen-bond acceptors (Lipinski definition) is 8. The number of anilines is 2. The molecule has 0 unspecified atom stereocenters. The maximum atomic E-state index is 12.1. The van der Waals surface area contributed by atoms with Gasteiger partial charge in [-0.1, -0.05) is 23.1 Å². The fourth-order valence-corrected chi connectivity index (χ4v) is 3.11. The second-order valence-electron chi connectivity index (χ2n) is 4.49. The van der Waals surface area contributed by atoms with E-state index in [-0.39, 0.29) is 11.5 Å². The summed E-state index contributed by atoms with van der Waals surface area (Å²) in [6, 6.07) is 4.51. The summed E-state index contributed by atoms with van der Waals surface area (Å²) in [4.78, 5) is 22.5. The van der Waals surface area contributed by atoms with Crippen molar-refractivity contribution in [2.24, 2.45) is 0 Å². The number of alkyl halides is 3. The minimum Gasteiger partial charge on any atom is -0.406 e. The van der Waals surface area contributed by atoms with E-state index in [1.807, 2.05) is 0 Å². The lowest BCUT2D eigenvalue weighted by atomic mass is 10.3. The van der Waals surface area contributed by atoms with Crippen LogP contribution in [-0.2, 0) is 4.79 Å². The molecule has 8 nitrogen and oxygen atoms in total. The molecule has 13 heteroatoms. The van der Waals surface area contributed by atoms with Crippen molar-refractivity contribution >= 4 is 45.9 Å². The number of carbonyl (C=O) groups is 2. The van der Waals surface area contributed by atoms with E-state index in [0.29, 0.717) is 15.2 Å². The molecule has 0 atom stereocenters. The number of carbonyl (C=O) groups excluding carboxylic acids is 2. The molecule has 1 aromatic heterocycles. The zero-order valence-electron chi connectivity index (χ0n) is 13.1. The van der Waals surface area contributed by atoms with Gasteiger partial charge in [-0.2, -0.15) is 0 Å². The summed E-state index contributed by atoms with van der Waals surface area (Å²) in [5.74, 6) is -0.844. The molecule has 0 fully saturated rings. The van der Waals surface area contributed by atoms with Crippen LogP contribution >= 0.6 is 23.1 Å². The molecule has 0 saturated heterocycles. The normalized spacial score (nSPS) is 10.9. The third kappa shape index (κ3) is 6.76. The molecule has 3 amide bonds. The highest BCUT2D eigenvalue weighted by Crippen LogP contribution is 2.29. The Labute approximate surface area is 153 Å². The molecule has 0 aliphatic heterocycles. The van der Waals surface area contributed by atoms with Gasteiger partial charge in [-0.25, -0.2) is 4.79 Å². The van der Waals surface area contributed by atoms with Gasteiger partial charge in [-0.15, -0.1) is 23.4 Å². The summed E-state index contributed by atoms with van der Waals surface area (Å²) >= 11 is 2.24. The van der Waals surface area contributed by atoms with E-state index in [1.54, 1.807) is 0 Å². The number of amides is 3. The Balaban J connectivity index is 1.86. The third-order valence-corrected chi connectivity index (χ3v) is 4.52. The number of nitrogens with zero attached hydrogens (tertiary/aromatic N) is 2. The van der Waals surface area contributed by atoms with Gasteiger partial charge in [0.2, 0.25) is 11.0 Å². The van der Waals surface area contributed by atoms with Crippen molar-refractivity contribution in [2.45, 2.75) is 10.7 Å². The largest absolute Gasteiger partial charge is 0.573 e. The molecule has 2 aromatic rings. The van der Waals surface area contributed by atoms with Crippen molar-refractivity contribution in [3.05, 3.63) is 24.3 Å². The Bertz CT molecular complexity index is 767. The molecular weight excluding hydrogens is 395 g/mol. The van der Waals surface area contributed by atoms with Crippen LogP contribution in [0.4, 0.5) is 28.8 Å². The van der Waals surface area contributed by atoms with Gasteiger partial charge in [0.25, 0.3) is 0 Å². The van der Waals surface area contributed by atoms with Gasteiger partial charge in [0.1, 0.15) is 5.75 Å². The Morgan fingerprint density at radius 1 is 1.23 bits per heavy atom. The summed E-state index contributed by atoms with van der Waals surface area (Å²) < 4.78 is 40.6. The van der Waals surface area contributed by atoms with Crippen molar-refractivity contribution < 1.29 is 27.5 Å². The van der Waals surface area contributed by atoms with Crippen LogP contribution in [0.25, 0.3) is 0 Å². The molecule has 0 saturated carbocycles. The van der Waals surface area contributed by atoms with Crippen LogP contribution in [0, 0.1) is 0 Å². The van der Waals surface area contributed by atoms with Gasteiger partial charge in [0, 0.05) is 12.7 Å². The Hall–Kier alpha value is -2.54. The summed E-state index contributed by atoms with van der Waals surface area (Å²) in [6.07, 6.45) is -4.75. The van der Waals surface area contributed by atoms with E-state index in [4.69, 9.17) is 0 Å². The molecule has 0 bridgehead atoms. The first-order chi connectivity index (χ1) is 12.2. The topological polar surface area (TPSA) is 105 Å². The standard InChI is InChI=1S/C13H12F3N5O3S2/c1-17-10(23)19-9(22)6-25-12-21-20-11(26-12)18-7-2-4-8(5-3-7)24-13(14,15)16/h2-5H,6H2,1H3,(H,18,20)(H2,17,19,22,23). The van der Waals surface area contributed by atoms with Crippen molar-refractivity contribution in [3.63, 3.8) is 0 Å². The minimum absolute atomic E-state index is 0.0223. The lowest BCUT2D eigenvalue weighted by Gasteiger charge is -2.09. The van der Waals surface area contributed by atoms with Crippen LogP contribution in [0.3, 0.4) is 0 Å². The number of thioether (sulfide) groups is 1. The highest BCUT2D eigenvalue weighted by molar-refractivity contribution is 8.01. The molecule has 1 aromatic carbocycles. The quantitative estimate of drug-likeness (QED) is 0.633. The molecule has 3 N–H and O–H groups in total. The highest BCUT2D eigenvalue weighted by atomic mass is 32.2. The van der Waals surface area contributed by atoms with E-state index >= 15 is 0 Å². The summed E-state index contributed by atoms with van der Waals surface area (Å²) in [5.41, 5.74) is 0.490. The number of hydrogen-bond donors (Lipinski definition) is 3. The van der Waals surface area contributed by atoms with E-state index < -0.39 is 18.3 Å². The molecule has 1 heterocycles. The minimum atomic E-state index is -4.75. The molecule has 0 spiro atoms. The first kappa shape index (κ1) is 19.8. The first-order valence-electron chi connectivity index (χ1n) is 6.86. The Morgan fingerprint density at radius 3 is 2.54 bits per heavy atom. The summed E-state index contributed by atoms with van der Waals surface area (Å²) in [7, 11) is 1.39. The van der Waals surface area contributed by atoms with Crippen molar-refractivity contribution in [1.29, 1.82) is 0 Å². The summed E-state index contributed by atoms with van der Waals surface area (Å²) in [5, 5.41) is 15.4. The second kappa shape index (κ2) is 8.71. The maximum absolute atomic E-state index is 12.1. The number of nitrogens with one attached hydrogen (secondary N) is 3. The first-order valence-corrected chi connectivity index (χ1v) is 8.66. The average molecular weight is 407 g/mol. The molecular formula is C13H12F3N5O3S2. The zero-order chi connectivity index (χ0) is 19.2. The molecule has 140 valence electrons. The lowest BCUT2D eigenvalue weighted by Crippen LogP contribution is -2.38. The molecule has 0 aliphatic rings. The second-order valence-corrected chi connectivity index (χ2v) is 6.69. The van der Waals surface area contributed by atoms with Gasteiger partial charge in [-0.3, -0.25) is 10.1 Å². The molecule has 0 radical (unpaired) electrons. The zero-order valence-corrected chi connectivity index (χ0v) is 14.7. The van der Waals surface area contributed by atoms with Crippen molar-refractivity contribution in [3.8, 4) is 5.75 Å². The monoisotopic (exact) mass is 407 g/mol.